The van der Waals surface area contributed by atoms with Crippen molar-refractivity contribution in [2.45, 2.75) is 32.5 Å². The van der Waals surface area contributed by atoms with E-state index in [-0.39, 0.29) is 5.75 Å². The van der Waals surface area contributed by atoms with Gasteiger partial charge in [-0.3, -0.25) is 9.36 Å². The number of carbonyl (C=O) groups is 1. The van der Waals surface area contributed by atoms with Gasteiger partial charge in [0.25, 0.3) is 0 Å². The van der Waals surface area contributed by atoms with Crippen molar-refractivity contribution in [3.63, 3.8) is 0 Å². The van der Waals surface area contributed by atoms with Crippen LogP contribution in [-0.2, 0) is 11.3 Å². The molecule has 0 spiro atoms. The molecular formula is C12H20N4O2S. The van der Waals surface area contributed by atoms with E-state index in [1.54, 1.807) is 0 Å². The van der Waals surface area contributed by atoms with Crippen LogP contribution in [0, 0.1) is 11.8 Å². The van der Waals surface area contributed by atoms with Gasteiger partial charge in [0.05, 0.1) is 5.75 Å². The van der Waals surface area contributed by atoms with Crippen molar-refractivity contribution in [2.24, 2.45) is 11.8 Å². The molecule has 1 saturated heterocycles. The molecule has 2 rings (SSSR count). The van der Waals surface area contributed by atoms with Gasteiger partial charge in [0.2, 0.25) is 5.95 Å². The first-order valence-corrected chi connectivity index (χ1v) is 7.54. The highest BCUT2D eigenvalue weighted by Gasteiger charge is 2.29. The van der Waals surface area contributed by atoms with Crippen LogP contribution < -0.4 is 4.90 Å². The standard InChI is InChI=1S/C12H20N4O2S/c1-4-16-11(15-5-8(2)9(3)6-15)13-14-12(16)19-7-10(17)18/h8-9H,4-7H2,1-3H3,(H,17,18). The second-order valence-corrected chi connectivity index (χ2v) is 6.01. The first kappa shape index (κ1) is 14.2. The van der Waals surface area contributed by atoms with Crippen LogP contribution in [0.4, 0.5) is 5.95 Å². The first-order chi connectivity index (χ1) is 9.02. The van der Waals surface area contributed by atoms with E-state index in [4.69, 9.17) is 5.11 Å². The molecule has 7 heteroatoms. The number of hydrogen-bond donors (Lipinski definition) is 1. The van der Waals surface area contributed by atoms with Crippen LogP contribution in [0.3, 0.4) is 0 Å². The van der Waals surface area contributed by atoms with Crippen LogP contribution in [0.1, 0.15) is 20.8 Å². The number of anilines is 1. The van der Waals surface area contributed by atoms with Crippen LogP contribution in [0.15, 0.2) is 5.16 Å². The number of aliphatic carboxylic acids is 1. The lowest BCUT2D eigenvalue weighted by Gasteiger charge is -2.17. The van der Waals surface area contributed by atoms with Gasteiger partial charge in [0, 0.05) is 19.6 Å². The van der Waals surface area contributed by atoms with Gasteiger partial charge in [-0.15, -0.1) is 10.2 Å². The summed E-state index contributed by atoms with van der Waals surface area (Å²) in [5.74, 6) is 1.35. The normalized spacial score (nSPS) is 23.0. The maximum absolute atomic E-state index is 10.6. The molecule has 0 bridgehead atoms. The molecule has 1 N–H and O–H groups in total. The van der Waals surface area contributed by atoms with Gasteiger partial charge >= 0.3 is 5.97 Å². The summed E-state index contributed by atoms with van der Waals surface area (Å²) in [5.41, 5.74) is 0. The smallest absolute Gasteiger partial charge is 0.313 e. The lowest BCUT2D eigenvalue weighted by molar-refractivity contribution is -0.133. The van der Waals surface area contributed by atoms with E-state index in [1.807, 2.05) is 11.5 Å². The summed E-state index contributed by atoms with van der Waals surface area (Å²) in [4.78, 5) is 12.9. The second kappa shape index (κ2) is 5.81. The van der Waals surface area contributed by atoms with Crippen LogP contribution in [0.25, 0.3) is 0 Å². The maximum Gasteiger partial charge on any atom is 0.313 e. The molecule has 1 aliphatic rings. The van der Waals surface area contributed by atoms with E-state index in [1.165, 1.54) is 11.8 Å². The minimum atomic E-state index is -0.833. The SMILES string of the molecule is CCn1c(SCC(=O)O)nnc1N1CC(C)C(C)C1. The summed E-state index contributed by atoms with van der Waals surface area (Å²) in [6, 6.07) is 0. The molecule has 0 aromatic carbocycles. The average molecular weight is 284 g/mol. The molecule has 2 unspecified atom stereocenters. The Morgan fingerprint density at radius 1 is 1.37 bits per heavy atom. The lowest BCUT2D eigenvalue weighted by Crippen LogP contribution is -2.23. The van der Waals surface area contributed by atoms with Gasteiger partial charge in [0.1, 0.15) is 0 Å². The Bertz CT molecular complexity index is 453. The largest absolute Gasteiger partial charge is 0.481 e. The van der Waals surface area contributed by atoms with Crippen molar-refractivity contribution < 1.29 is 9.90 Å². The molecule has 0 saturated carbocycles. The topological polar surface area (TPSA) is 71.2 Å². The molecule has 6 nitrogen and oxygen atoms in total. The van der Waals surface area contributed by atoms with Crippen LogP contribution in [0.5, 0.6) is 0 Å². The zero-order valence-corrected chi connectivity index (χ0v) is 12.4. The van der Waals surface area contributed by atoms with Gasteiger partial charge in [-0.1, -0.05) is 25.6 Å². The van der Waals surface area contributed by atoms with E-state index in [0.717, 1.165) is 25.6 Å². The molecule has 0 amide bonds. The fourth-order valence-electron chi connectivity index (χ4n) is 2.32. The summed E-state index contributed by atoms with van der Waals surface area (Å²) < 4.78 is 2.00. The maximum atomic E-state index is 10.6. The molecular weight excluding hydrogens is 264 g/mol. The quantitative estimate of drug-likeness (QED) is 0.828. The third-order valence-corrected chi connectivity index (χ3v) is 4.56. The van der Waals surface area contributed by atoms with Crippen molar-refractivity contribution in [1.82, 2.24) is 14.8 Å². The summed E-state index contributed by atoms with van der Waals surface area (Å²) in [7, 11) is 0. The first-order valence-electron chi connectivity index (χ1n) is 6.55. The minimum absolute atomic E-state index is 0.0188. The van der Waals surface area contributed by atoms with E-state index in [9.17, 15) is 4.79 Å². The predicted octanol–water partition coefficient (Wildman–Crippen LogP) is 1.57. The predicted molar refractivity (Wildman–Crippen MR) is 74.6 cm³/mol. The van der Waals surface area contributed by atoms with E-state index in [0.29, 0.717) is 17.0 Å². The summed E-state index contributed by atoms with van der Waals surface area (Å²) in [6.07, 6.45) is 0. The molecule has 2 heterocycles. The van der Waals surface area contributed by atoms with Gasteiger partial charge in [0.15, 0.2) is 5.16 Å². The number of carboxylic acid groups (broad SMARTS) is 1. The molecule has 1 aliphatic heterocycles. The van der Waals surface area contributed by atoms with Gasteiger partial charge in [-0.25, -0.2) is 0 Å². The highest BCUT2D eigenvalue weighted by atomic mass is 32.2. The molecule has 1 fully saturated rings. The van der Waals surface area contributed by atoms with Crippen LogP contribution in [-0.4, -0.2) is 44.7 Å². The highest BCUT2D eigenvalue weighted by molar-refractivity contribution is 7.99. The molecule has 106 valence electrons. The molecule has 2 atom stereocenters. The van der Waals surface area contributed by atoms with Gasteiger partial charge < -0.3 is 10.0 Å². The Labute approximate surface area is 117 Å². The molecule has 1 aromatic rings. The van der Waals surface area contributed by atoms with Crippen molar-refractivity contribution in [2.75, 3.05) is 23.7 Å². The molecule has 1 aromatic heterocycles. The fourth-order valence-corrected chi connectivity index (χ4v) is 3.04. The zero-order valence-electron chi connectivity index (χ0n) is 11.5. The summed E-state index contributed by atoms with van der Waals surface area (Å²) >= 11 is 1.22. The van der Waals surface area contributed by atoms with E-state index in [2.05, 4.69) is 28.9 Å². The van der Waals surface area contributed by atoms with Crippen molar-refractivity contribution in [3.05, 3.63) is 0 Å². The Hall–Kier alpha value is -1.24. The van der Waals surface area contributed by atoms with E-state index >= 15 is 0 Å². The Balaban J connectivity index is 2.15. The summed E-state index contributed by atoms with van der Waals surface area (Å²) in [6.45, 7) is 9.25. The van der Waals surface area contributed by atoms with Crippen molar-refractivity contribution >= 4 is 23.7 Å². The van der Waals surface area contributed by atoms with Crippen molar-refractivity contribution in [3.8, 4) is 0 Å². The third kappa shape index (κ3) is 3.02. The van der Waals surface area contributed by atoms with E-state index < -0.39 is 5.97 Å². The van der Waals surface area contributed by atoms with Crippen LogP contribution >= 0.6 is 11.8 Å². The Morgan fingerprint density at radius 2 is 2.00 bits per heavy atom. The monoisotopic (exact) mass is 284 g/mol. The van der Waals surface area contributed by atoms with Crippen LogP contribution in [0.2, 0.25) is 0 Å². The average Bonchev–Trinajstić information content (AvgIpc) is 2.90. The molecule has 0 radical (unpaired) electrons. The Kier molecular flexibility index (Phi) is 4.34. The van der Waals surface area contributed by atoms with Crippen molar-refractivity contribution in [1.29, 1.82) is 0 Å². The molecule has 0 aliphatic carbocycles. The molecule has 19 heavy (non-hydrogen) atoms. The fraction of sp³-hybridized carbons (Fsp3) is 0.750. The minimum Gasteiger partial charge on any atom is -0.481 e. The van der Waals surface area contributed by atoms with Gasteiger partial charge in [-0.2, -0.15) is 0 Å². The number of hydrogen-bond acceptors (Lipinski definition) is 5. The lowest BCUT2D eigenvalue weighted by atomic mass is 10.0. The number of carboxylic acids is 1. The number of aromatic nitrogens is 3. The number of nitrogens with zero attached hydrogens (tertiary/aromatic N) is 4. The van der Waals surface area contributed by atoms with Gasteiger partial charge in [-0.05, 0) is 18.8 Å². The summed E-state index contributed by atoms with van der Waals surface area (Å²) in [5, 5.41) is 17.8. The zero-order chi connectivity index (χ0) is 14.0. The highest BCUT2D eigenvalue weighted by Crippen LogP contribution is 2.29. The number of thioether (sulfide) groups is 1. The Morgan fingerprint density at radius 3 is 2.53 bits per heavy atom. The third-order valence-electron chi connectivity index (χ3n) is 3.61. The number of rotatable bonds is 5. The second-order valence-electron chi connectivity index (χ2n) is 5.07.